The molecule has 6 heteroatoms. The molecule has 0 amide bonds. The van der Waals surface area contributed by atoms with Crippen LogP contribution in [-0.2, 0) is 9.53 Å². The third-order valence-electron chi connectivity index (χ3n) is 4.37. The van der Waals surface area contributed by atoms with E-state index in [0.29, 0.717) is 5.56 Å². The molecule has 0 saturated heterocycles. The van der Waals surface area contributed by atoms with Crippen LogP contribution in [0.25, 0.3) is 6.08 Å². The fraction of sp³-hybridized carbons (Fsp3) is 0.0417. The molecule has 1 aliphatic heterocycles. The number of hydrogen-bond acceptors (Lipinski definition) is 5. The van der Waals surface area contributed by atoms with Gasteiger partial charge in [-0.1, -0.05) is 42.0 Å². The van der Waals surface area contributed by atoms with Crippen LogP contribution < -0.4 is 4.74 Å². The lowest BCUT2D eigenvalue weighted by atomic mass is 10.1. The Morgan fingerprint density at radius 1 is 1.03 bits per heavy atom. The van der Waals surface area contributed by atoms with E-state index in [9.17, 15) is 14.0 Å². The van der Waals surface area contributed by atoms with E-state index in [0.717, 1.165) is 11.1 Å². The van der Waals surface area contributed by atoms with Crippen LogP contribution in [0.5, 0.6) is 5.75 Å². The lowest BCUT2D eigenvalue weighted by molar-refractivity contribution is -0.129. The number of cyclic esters (lactones) is 1. The van der Waals surface area contributed by atoms with Crippen molar-refractivity contribution in [1.29, 1.82) is 0 Å². The molecule has 0 aliphatic carbocycles. The second kappa shape index (κ2) is 8.13. The van der Waals surface area contributed by atoms with Gasteiger partial charge in [0.25, 0.3) is 0 Å². The van der Waals surface area contributed by atoms with Crippen molar-refractivity contribution < 1.29 is 23.5 Å². The summed E-state index contributed by atoms with van der Waals surface area (Å²) < 4.78 is 24.1. The number of halogens is 1. The second-order valence-corrected chi connectivity index (χ2v) is 6.64. The number of benzene rings is 3. The van der Waals surface area contributed by atoms with E-state index < -0.39 is 17.8 Å². The quantitative estimate of drug-likeness (QED) is 0.361. The molecule has 30 heavy (non-hydrogen) atoms. The fourth-order valence-corrected chi connectivity index (χ4v) is 2.89. The minimum Gasteiger partial charge on any atom is -0.423 e. The van der Waals surface area contributed by atoms with Gasteiger partial charge in [0.05, 0.1) is 5.56 Å². The van der Waals surface area contributed by atoms with Crippen molar-refractivity contribution in [1.82, 2.24) is 0 Å². The maximum atomic E-state index is 13.7. The first-order valence-electron chi connectivity index (χ1n) is 9.16. The maximum Gasteiger partial charge on any atom is 0.363 e. The minimum atomic E-state index is -0.786. The summed E-state index contributed by atoms with van der Waals surface area (Å²) >= 11 is 0. The molecule has 4 rings (SSSR count). The third-order valence-corrected chi connectivity index (χ3v) is 4.37. The number of rotatable bonds is 4. The Morgan fingerprint density at radius 2 is 1.80 bits per heavy atom. The van der Waals surface area contributed by atoms with Gasteiger partial charge >= 0.3 is 11.9 Å². The molecule has 3 aromatic rings. The van der Waals surface area contributed by atoms with Gasteiger partial charge in [0.2, 0.25) is 5.90 Å². The number of ether oxygens (including phenoxy) is 2. The van der Waals surface area contributed by atoms with Gasteiger partial charge in [0.1, 0.15) is 11.6 Å². The molecular weight excluding hydrogens is 385 g/mol. The first-order chi connectivity index (χ1) is 14.5. The monoisotopic (exact) mass is 401 g/mol. The molecule has 0 unspecified atom stereocenters. The van der Waals surface area contributed by atoms with Crippen molar-refractivity contribution in [3.63, 3.8) is 0 Å². The zero-order chi connectivity index (χ0) is 21.1. The van der Waals surface area contributed by atoms with E-state index in [-0.39, 0.29) is 22.9 Å². The molecule has 0 saturated carbocycles. The molecule has 3 aromatic carbocycles. The normalized spacial score (nSPS) is 14.4. The summed E-state index contributed by atoms with van der Waals surface area (Å²) in [6, 6.07) is 19.5. The molecule has 0 bridgehead atoms. The minimum absolute atomic E-state index is 0.143. The number of carbonyl (C=O) groups is 2. The third kappa shape index (κ3) is 4.17. The number of esters is 2. The van der Waals surface area contributed by atoms with E-state index in [1.807, 2.05) is 31.2 Å². The van der Waals surface area contributed by atoms with Crippen molar-refractivity contribution >= 4 is 23.9 Å². The van der Waals surface area contributed by atoms with Gasteiger partial charge in [-0.15, -0.1) is 0 Å². The second-order valence-electron chi connectivity index (χ2n) is 6.64. The van der Waals surface area contributed by atoms with Crippen LogP contribution in [0.15, 0.2) is 83.5 Å². The van der Waals surface area contributed by atoms with Crippen molar-refractivity contribution in [2.75, 3.05) is 0 Å². The van der Waals surface area contributed by atoms with Crippen LogP contribution >= 0.6 is 0 Å². The summed E-state index contributed by atoms with van der Waals surface area (Å²) in [5, 5.41) is 0. The maximum absolute atomic E-state index is 13.7. The molecular formula is C24H16FNO4. The Hall–Kier alpha value is -4.06. The average molecular weight is 401 g/mol. The number of hydrogen-bond donors (Lipinski definition) is 0. The lowest BCUT2D eigenvalue weighted by Crippen LogP contribution is -2.10. The number of carbonyl (C=O) groups excluding carboxylic acids is 2. The SMILES string of the molecule is Cc1cccc(C2=N/C(=C\c3ccc(OC(=O)c4ccccc4F)cc3)C(=O)O2)c1. The largest absolute Gasteiger partial charge is 0.423 e. The highest BCUT2D eigenvalue weighted by Crippen LogP contribution is 2.21. The number of aliphatic imine (C=N–C) groups is 1. The molecule has 148 valence electrons. The highest BCUT2D eigenvalue weighted by molar-refractivity contribution is 6.12. The summed E-state index contributed by atoms with van der Waals surface area (Å²) in [4.78, 5) is 28.5. The molecule has 0 atom stereocenters. The summed E-state index contributed by atoms with van der Waals surface area (Å²) in [7, 11) is 0. The summed E-state index contributed by atoms with van der Waals surface area (Å²) in [6.07, 6.45) is 1.58. The van der Waals surface area contributed by atoms with Crippen molar-refractivity contribution in [3.05, 3.63) is 107 Å². The zero-order valence-corrected chi connectivity index (χ0v) is 16.0. The fourth-order valence-electron chi connectivity index (χ4n) is 2.89. The van der Waals surface area contributed by atoms with Crippen molar-refractivity contribution in [3.8, 4) is 5.75 Å². The van der Waals surface area contributed by atoms with Gasteiger partial charge in [-0.25, -0.2) is 19.0 Å². The predicted molar refractivity (Wildman–Crippen MR) is 110 cm³/mol. The van der Waals surface area contributed by atoms with Crippen LogP contribution in [0, 0.1) is 12.7 Å². The Kier molecular flexibility index (Phi) is 5.22. The van der Waals surface area contributed by atoms with Gasteiger partial charge in [0.15, 0.2) is 5.70 Å². The van der Waals surface area contributed by atoms with Crippen molar-refractivity contribution in [2.24, 2.45) is 4.99 Å². The van der Waals surface area contributed by atoms with E-state index in [1.165, 1.54) is 18.2 Å². The molecule has 0 fully saturated rings. The van der Waals surface area contributed by atoms with Gasteiger partial charge in [-0.3, -0.25) is 0 Å². The predicted octanol–water partition coefficient (Wildman–Crippen LogP) is 4.70. The lowest BCUT2D eigenvalue weighted by Gasteiger charge is -2.05. The molecule has 0 N–H and O–H groups in total. The highest BCUT2D eigenvalue weighted by atomic mass is 19.1. The van der Waals surface area contributed by atoms with Gasteiger partial charge < -0.3 is 9.47 Å². The van der Waals surface area contributed by atoms with Crippen molar-refractivity contribution in [2.45, 2.75) is 6.92 Å². The topological polar surface area (TPSA) is 65.0 Å². The highest BCUT2D eigenvalue weighted by Gasteiger charge is 2.24. The molecule has 1 aliphatic rings. The smallest absolute Gasteiger partial charge is 0.363 e. The van der Waals surface area contributed by atoms with E-state index in [4.69, 9.17) is 9.47 Å². The zero-order valence-electron chi connectivity index (χ0n) is 16.0. The Labute approximate surface area is 172 Å². The van der Waals surface area contributed by atoms with Crippen LogP contribution in [0.4, 0.5) is 4.39 Å². The molecule has 5 nitrogen and oxygen atoms in total. The van der Waals surface area contributed by atoms with E-state index in [1.54, 1.807) is 36.4 Å². The molecule has 0 radical (unpaired) electrons. The average Bonchev–Trinajstić information content (AvgIpc) is 3.10. The Balaban J connectivity index is 1.50. The van der Waals surface area contributed by atoms with E-state index >= 15 is 0 Å². The van der Waals surface area contributed by atoms with Crippen LogP contribution in [0.3, 0.4) is 0 Å². The van der Waals surface area contributed by atoms with Crippen LogP contribution in [0.2, 0.25) is 0 Å². The molecule has 0 aromatic heterocycles. The van der Waals surface area contributed by atoms with Gasteiger partial charge in [-0.2, -0.15) is 0 Å². The van der Waals surface area contributed by atoms with Crippen LogP contribution in [0.1, 0.15) is 27.0 Å². The van der Waals surface area contributed by atoms with Crippen LogP contribution in [-0.4, -0.2) is 17.8 Å². The first-order valence-corrected chi connectivity index (χ1v) is 9.16. The summed E-state index contributed by atoms with van der Waals surface area (Å²) in [5.41, 5.74) is 2.45. The molecule has 1 heterocycles. The Morgan fingerprint density at radius 3 is 2.53 bits per heavy atom. The summed E-state index contributed by atoms with van der Waals surface area (Å²) in [5.74, 6) is -1.47. The first kappa shape index (κ1) is 19.3. The number of nitrogens with zero attached hydrogens (tertiary/aromatic N) is 1. The van der Waals surface area contributed by atoms with E-state index in [2.05, 4.69) is 4.99 Å². The van der Waals surface area contributed by atoms with Gasteiger partial charge in [-0.05, 0) is 55.0 Å². The molecule has 0 spiro atoms. The summed E-state index contributed by atoms with van der Waals surface area (Å²) in [6.45, 7) is 1.94. The van der Waals surface area contributed by atoms with Gasteiger partial charge in [0, 0.05) is 5.56 Å². The number of aryl methyl sites for hydroxylation is 1. The Bertz CT molecular complexity index is 1200. The standard InChI is InChI=1S/C24H16FNO4/c1-15-5-4-6-17(13-15)22-26-21(24(28)30-22)14-16-9-11-18(12-10-16)29-23(27)19-7-2-3-8-20(19)25/h2-14H,1H3/b21-14-.